The molecule has 0 radical (unpaired) electrons. The van der Waals surface area contributed by atoms with Crippen LogP contribution in [0.3, 0.4) is 0 Å². The zero-order valence-corrected chi connectivity index (χ0v) is 9.69. The third-order valence-electron chi connectivity index (χ3n) is 1.93. The predicted molar refractivity (Wildman–Crippen MR) is 61.0 cm³/mol. The van der Waals surface area contributed by atoms with Crippen LogP contribution < -0.4 is 0 Å². The fourth-order valence-corrected chi connectivity index (χ4v) is 1.54. The van der Waals surface area contributed by atoms with E-state index in [2.05, 4.69) is 27.7 Å². The minimum Gasteiger partial charge on any atom is -0.240 e. The summed E-state index contributed by atoms with van der Waals surface area (Å²) in [7, 11) is 0. The predicted octanol–water partition coefficient (Wildman–Crippen LogP) is 2.92. The lowest BCUT2D eigenvalue weighted by molar-refractivity contribution is 0.627. The Morgan fingerprint density at radius 2 is 1.93 bits per heavy atom. The third kappa shape index (κ3) is 1.79. The van der Waals surface area contributed by atoms with E-state index in [0.717, 1.165) is 15.0 Å². The molecule has 4 heteroatoms. The summed E-state index contributed by atoms with van der Waals surface area (Å²) in [4.78, 5) is 0. The van der Waals surface area contributed by atoms with Gasteiger partial charge in [0.15, 0.2) is 0 Å². The van der Waals surface area contributed by atoms with Gasteiger partial charge in [-0.2, -0.15) is 5.10 Å². The van der Waals surface area contributed by atoms with Crippen LogP contribution in [-0.2, 0) is 0 Å². The molecule has 1 aromatic carbocycles. The van der Waals surface area contributed by atoms with Crippen molar-refractivity contribution in [1.82, 2.24) is 9.78 Å². The Balaban J connectivity index is 2.44. The molecule has 2 nitrogen and oxygen atoms in total. The molecule has 2 rings (SSSR count). The van der Waals surface area contributed by atoms with E-state index in [1.165, 1.54) is 12.1 Å². The van der Waals surface area contributed by atoms with Crippen LogP contribution in [0, 0.1) is 16.3 Å². The van der Waals surface area contributed by atoms with Crippen LogP contribution in [-0.4, -0.2) is 9.78 Å². The Morgan fingerprint density at radius 1 is 1.29 bits per heavy atom. The molecular weight excluding hydrogens is 294 g/mol. The number of nitrogens with zero attached hydrogens (tertiary/aromatic N) is 2. The summed E-state index contributed by atoms with van der Waals surface area (Å²) in [5, 5.41) is 4.30. The second-order valence-corrected chi connectivity index (χ2v) is 4.15. The number of hydrogen-bond donors (Lipinski definition) is 0. The fraction of sp³-hybridized carbons (Fsp3) is 0.100. The first-order valence-electron chi connectivity index (χ1n) is 4.14. The number of aromatic nitrogens is 2. The maximum atomic E-state index is 12.7. The van der Waals surface area contributed by atoms with Crippen molar-refractivity contribution in [3.05, 3.63) is 45.5 Å². The van der Waals surface area contributed by atoms with Gasteiger partial charge in [0.2, 0.25) is 0 Å². The normalized spacial score (nSPS) is 10.5. The molecule has 0 amide bonds. The van der Waals surface area contributed by atoms with Gasteiger partial charge in [-0.1, -0.05) is 0 Å². The molecule has 0 saturated heterocycles. The summed E-state index contributed by atoms with van der Waals surface area (Å²) in [6, 6.07) is 6.27. The second-order valence-electron chi connectivity index (χ2n) is 2.98. The standard InChI is InChI=1S/C10H8FIN2/c1-7-10(12)6-14(13-7)9-4-2-8(11)3-5-9/h2-6H,1H3. The second kappa shape index (κ2) is 3.68. The molecule has 0 aliphatic rings. The molecule has 0 unspecified atom stereocenters. The van der Waals surface area contributed by atoms with Crippen LogP contribution in [0.5, 0.6) is 0 Å². The Morgan fingerprint density at radius 3 is 2.43 bits per heavy atom. The van der Waals surface area contributed by atoms with Crippen molar-refractivity contribution >= 4 is 22.6 Å². The quantitative estimate of drug-likeness (QED) is 0.741. The SMILES string of the molecule is Cc1nn(-c2ccc(F)cc2)cc1I. The molecule has 0 bridgehead atoms. The maximum absolute atomic E-state index is 12.7. The van der Waals surface area contributed by atoms with Gasteiger partial charge in [-0.15, -0.1) is 0 Å². The first-order chi connectivity index (χ1) is 6.66. The lowest BCUT2D eigenvalue weighted by Gasteiger charge is -1.99. The number of halogens is 2. The average Bonchev–Trinajstić information content (AvgIpc) is 2.48. The minimum absolute atomic E-state index is 0.229. The molecular formula is C10H8FIN2. The van der Waals surface area contributed by atoms with Crippen LogP contribution in [0.25, 0.3) is 5.69 Å². The van der Waals surface area contributed by atoms with Gasteiger partial charge >= 0.3 is 0 Å². The Hall–Kier alpha value is -0.910. The van der Waals surface area contributed by atoms with Gasteiger partial charge in [-0.3, -0.25) is 0 Å². The van der Waals surface area contributed by atoms with E-state index >= 15 is 0 Å². The molecule has 0 fully saturated rings. The monoisotopic (exact) mass is 302 g/mol. The van der Waals surface area contributed by atoms with E-state index in [-0.39, 0.29) is 5.82 Å². The van der Waals surface area contributed by atoms with Crippen molar-refractivity contribution in [3.63, 3.8) is 0 Å². The Bertz CT molecular complexity index is 428. The molecule has 0 saturated carbocycles. The van der Waals surface area contributed by atoms with Crippen molar-refractivity contribution in [2.75, 3.05) is 0 Å². The van der Waals surface area contributed by atoms with Gasteiger partial charge in [0.1, 0.15) is 5.82 Å². The van der Waals surface area contributed by atoms with Crippen LogP contribution in [0.4, 0.5) is 4.39 Å². The zero-order valence-electron chi connectivity index (χ0n) is 7.54. The summed E-state index contributed by atoms with van der Waals surface area (Å²) in [5.74, 6) is -0.229. The van der Waals surface area contributed by atoms with E-state index in [1.54, 1.807) is 16.8 Å². The molecule has 0 atom stereocenters. The van der Waals surface area contributed by atoms with Gasteiger partial charge in [-0.05, 0) is 53.8 Å². The average molecular weight is 302 g/mol. The van der Waals surface area contributed by atoms with E-state index in [0.29, 0.717) is 0 Å². The Labute approximate surface area is 94.9 Å². The van der Waals surface area contributed by atoms with Crippen molar-refractivity contribution < 1.29 is 4.39 Å². The van der Waals surface area contributed by atoms with Crippen molar-refractivity contribution in [1.29, 1.82) is 0 Å². The highest BCUT2D eigenvalue weighted by atomic mass is 127. The van der Waals surface area contributed by atoms with Crippen LogP contribution in [0.15, 0.2) is 30.5 Å². The summed E-state index contributed by atoms with van der Waals surface area (Å²) in [6.07, 6.45) is 1.92. The van der Waals surface area contributed by atoms with E-state index < -0.39 is 0 Å². The van der Waals surface area contributed by atoms with E-state index in [1.807, 2.05) is 13.1 Å². The maximum Gasteiger partial charge on any atom is 0.123 e. The van der Waals surface area contributed by atoms with Gasteiger partial charge in [0.05, 0.1) is 15.0 Å². The molecule has 14 heavy (non-hydrogen) atoms. The van der Waals surface area contributed by atoms with Crippen molar-refractivity contribution in [2.45, 2.75) is 6.92 Å². The topological polar surface area (TPSA) is 17.8 Å². The third-order valence-corrected chi connectivity index (χ3v) is 2.99. The largest absolute Gasteiger partial charge is 0.240 e. The molecule has 72 valence electrons. The molecule has 1 heterocycles. The van der Waals surface area contributed by atoms with Gasteiger partial charge < -0.3 is 0 Å². The highest BCUT2D eigenvalue weighted by Crippen LogP contribution is 2.13. The van der Waals surface area contributed by atoms with E-state index in [9.17, 15) is 4.39 Å². The highest BCUT2D eigenvalue weighted by Gasteiger charge is 2.02. The molecule has 0 spiro atoms. The van der Waals surface area contributed by atoms with Crippen LogP contribution in [0.1, 0.15) is 5.69 Å². The first kappa shape index (κ1) is 9.64. The summed E-state index contributed by atoms with van der Waals surface area (Å²) in [5.41, 5.74) is 1.85. The van der Waals surface area contributed by atoms with Crippen molar-refractivity contribution in [2.24, 2.45) is 0 Å². The van der Waals surface area contributed by atoms with Gasteiger partial charge in [0, 0.05) is 6.20 Å². The number of hydrogen-bond acceptors (Lipinski definition) is 1. The first-order valence-corrected chi connectivity index (χ1v) is 5.22. The number of benzene rings is 1. The molecule has 2 aromatic rings. The smallest absolute Gasteiger partial charge is 0.123 e. The van der Waals surface area contributed by atoms with Gasteiger partial charge in [0.25, 0.3) is 0 Å². The minimum atomic E-state index is -0.229. The van der Waals surface area contributed by atoms with E-state index in [4.69, 9.17) is 0 Å². The number of rotatable bonds is 1. The lowest BCUT2D eigenvalue weighted by Crippen LogP contribution is -1.94. The zero-order chi connectivity index (χ0) is 10.1. The molecule has 0 aliphatic carbocycles. The molecule has 1 aromatic heterocycles. The summed E-state index contributed by atoms with van der Waals surface area (Å²) in [6.45, 7) is 1.95. The van der Waals surface area contributed by atoms with Crippen LogP contribution in [0.2, 0.25) is 0 Å². The number of aryl methyl sites for hydroxylation is 1. The van der Waals surface area contributed by atoms with Gasteiger partial charge in [-0.25, -0.2) is 9.07 Å². The molecule has 0 aliphatic heterocycles. The highest BCUT2D eigenvalue weighted by molar-refractivity contribution is 14.1. The summed E-state index contributed by atoms with van der Waals surface area (Å²) >= 11 is 2.22. The molecule has 0 N–H and O–H groups in total. The lowest BCUT2D eigenvalue weighted by atomic mass is 10.3. The van der Waals surface area contributed by atoms with Crippen molar-refractivity contribution in [3.8, 4) is 5.69 Å². The van der Waals surface area contributed by atoms with Crippen LogP contribution >= 0.6 is 22.6 Å². The summed E-state index contributed by atoms with van der Waals surface area (Å²) < 4.78 is 15.5. The Kier molecular flexibility index (Phi) is 2.54. The fourth-order valence-electron chi connectivity index (χ4n) is 1.17.